The van der Waals surface area contributed by atoms with Gasteiger partial charge < -0.3 is 21.5 Å². The van der Waals surface area contributed by atoms with Crippen LogP contribution in [0.15, 0.2) is 72.8 Å². The number of rotatable bonds is 6. The molecule has 0 aliphatic carbocycles. The van der Waals surface area contributed by atoms with E-state index < -0.39 is 12.1 Å². The zero-order valence-corrected chi connectivity index (χ0v) is 18.2. The summed E-state index contributed by atoms with van der Waals surface area (Å²) in [7, 11) is 0. The SMILES string of the molecule is CCC(O)CNC(=O)Nc1ccc2nc(-c3ccccc3N)c(-c3ccccc3F)cc2c1. The molecule has 0 radical (unpaired) electrons. The number of carbonyl (C=O) groups is 1. The van der Waals surface area contributed by atoms with E-state index in [2.05, 4.69) is 10.6 Å². The maximum Gasteiger partial charge on any atom is 0.319 e. The third-order valence-corrected chi connectivity index (χ3v) is 5.42. The molecule has 5 N–H and O–H groups in total. The summed E-state index contributed by atoms with van der Waals surface area (Å²) < 4.78 is 14.8. The Balaban J connectivity index is 1.77. The van der Waals surface area contributed by atoms with Crippen LogP contribution >= 0.6 is 0 Å². The number of nitrogen functional groups attached to an aromatic ring is 1. The van der Waals surface area contributed by atoms with E-state index in [9.17, 15) is 14.3 Å². The summed E-state index contributed by atoms with van der Waals surface area (Å²) in [4.78, 5) is 17.0. The molecule has 0 aliphatic rings. The Morgan fingerprint density at radius 2 is 1.76 bits per heavy atom. The van der Waals surface area contributed by atoms with Crippen LogP contribution in [0.25, 0.3) is 33.3 Å². The maximum atomic E-state index is 14.8. The number of halogens is 1. The van der Waals surface area contributed by atoms with Gasteiger partial charge in [0.05, 0.1) is 17.3 Å². The van der Waals surface area contributed by atoms with Crippen LogP contribution in [0.2, 0.25) is 0 Å². The Morgan fingerprint density at radius 3 is 2.48 bits per heavy atom. The molecule has 3 aromatic carbocycles. The molecule has 0 aliphatic heterocycles. The lowest BCUT2D eigenvalue weighted by Crippen LogP contribution is -2.34. The van der Waals surface area contributed by atoms with Gasteiger partial charge in [-0.2, -0.15) is 0 Å². The van der Waals surface area contributed by atoms with Crippen LogP contribution in [0.1, 0.15) is 13.3 Å². The van der Waals surface area contributed by atoms with E-state index in [0.717, 1.165) is 5.39 Å². The zero-order chi connectivity index (χ0) is 23.4. The lowest BCUT2D eigenvalue weighted by atomic mass is 9.96. The number of nitrogens with one attached hydrogen (secondary N) is 2. The van der Waals surface area contributed by atoms with Crippen molar-refractivity contribution in [3.63, 3.8) is 0 Å². The first-order valence-electron chi connectivity index (χ1n) is 10.7. The number of pyridine rings is 1. The highest BCUT2D eigenvalue weighted by molar-refractivity contribution is 5.97. The third-order valence-electron chi connectivity index (χ3n) is 5.42. The van der Waals surface area contributed by atoms with E-state index in [1.165, 1.54) is 6.07 Å². The van der Waals surface area contributed by atoms with Gasteiger partial charge in [0.2, 0.25) is 0 Å². The quantitative estimate of drug-likeness (QED) is 0.308. The van der Waals surface area contributed by atoms with E-state index in [-0.39, 0.29) is 12.4 Å². The minimum atomic E-state index is -0.594. The summed E-state index contributed by atoms with van der Waals surface area (Å²) >= 11 is 0. The number of hydrogen-bond donors (Lipinski definition) is 4. The van der Waals surface area contributed by atoms with Crippen molar-refractivity contribution in [3.05, 3.63) is 78.6 Å². The molecule has 1 aromatic heterocycles. The number of aromatic nitrogens is 1. The van der Waals surface area contributed by atoms with Crippen LogP contribution < -0.4 is 16.4 Å². The zero-order valence-electron chi connectivity index (χ0n) is 18.2. The third kappa shape index (κ3) is 4.94. The lowest BCUT2D eigenvalue weighted by Gasteiger charge is -2.15. The lowest BCUT2D eigenvalue weighted by molar-refractivity contribution is 0.168. The topological polar surface area (TPSA) is 100 Å². The molecular weight excluding hydrogens is 419 g/mol. The molecule has 0 bridgehead atoms. The Labute approximate surface area is 191 Å². The van der Waals surface area contributed by atoms with Gasteiger partial charge in [-0.3, -0.25) is 0 Å². The molecule has 4 rings (SSSR count). The number of benzene rings is 3. The summed E-state index contributed by atoms with van der Waals surface area (Å²) in [6.45, 7) is 2.00. The van der Waals surface area contributed by atoms with Gasteiger partial charge in [-0.15, -0.1) is 0 Å². The van der Waals surface area contributed by atoms with Gasteiger partial charge >= 0.3 is 6.03 Å². The first-order chi connectivity index (χ1) is 16.0. The minimum Gasteiger partial charge on any atom is -0.398 e. The number of nitrogens with zero attached hydrogens (tertiary/aromatic N) is 1. The second kappa shape index (κ2) is 9.67. The van der Waals surface area contributed by atoms with Gasteiger partial charge in [-0.25, -0.2) is 14.2 Å². The molecule has 0 fully saturated rings. The molecule has 7 heteroatoms. The fourth-order valence-electron chi connectivity index (χ4n) is 3.59. The van der Waals surface area contributed by atoms with Gasteiger partial charge in [0.25, 0.3) is 0 Å². The highest BCUT2D eigenvalue weighted by Crippen LogP contribution is 2.37. The Morgan fingerprint density at radius 1 is 1.03 bits per heavy atom. The number of amides is 2. The smallest absolute Gasteiger partial charge is 0.319 e. The van der Waals surface area contributed by atoms with Crippen molar-refractivity contribution in [1.82, 2.24) is 10.3 Å². The molecule has 6 nitrogen and oxygen atoms in total. The van der Waals surface area contributed by atoms with Crippen LogP contribution in [-0.2, 0) is 0 Å². The number of hydrogen-bond acceptors (Lipinski definition) is 4. The molecular formula is C26H25FN4O2. The molecule has 4 aromatic rings. The van der Waals surface area contributed by atoms with Crippen molar-refractivity contribution in [3.8, 4) is 22.4 Å². The number of anilines is 2. The van der Waals surface area contributed by atoms with E-state index in [4.69, 9.17) is 10.7 Å². The number of para-hydroxylation sites is 1. The summed E-state index contributed by atoms with van der Waals surface area (Å²) in [6.07, 6.45) is -0.0432. The number of urea groups is 1. The predicted molar refractivity (Wildman–Crippen MR) is 130 cm³/mol. The van der Waals surface area contributed by atoms with Gasteiger partial charge in [-0.1, -0.05) is 43.3 Å². The summed E-state index contributed by atoms with van der Waals surface area (Å²) in [6, 6.07) is 20.6. The largest absolute Gasteiger partial charge is 0.398 e. The molecule has 1 unspecified atom stereocenters. The maximum absolute atomic E-state index is 14.8. The van der Waals surface area contributed by atoms with Gasteiger partial charge in [0.1, 0.15) is 5.82 Å². The second-order valence-electron chi connectivity index (χ2n) is 7.76. The molecule has 33 heavy (non-hydrogen) atoms. The molecule has 168 valence electrons. The van der Waals surface area contributed by atoms with Crippen LogP contribution in [0.5, 0.6) is 0 Å². The summed E-state index contributed by atoms with van der Waals surface area (Å²) in [5, 5.41) is 15.7. The predicted octanol–water partition coefficient (Wildman–Crippen LogP) is 5.18. The summed E-state index contributed by atoms with van der Waals surface area (Å²) in [5.41, 5.74) is 10.3. The van der Waals surface area contributed by atoms with E-state index >= 15 is 0 Å². The number of nitrogens with two attached hydrogens (primary N) is 1. The molecule has 0 saturated heterocycles. The molecule has 1 heterocycles. The molecule has 1 atom stereocenters. The van der Waals surface area contributed by atoms with Crippen LogP contribution in [0.4, 0.5) is 20.6 Å². The van der Waals surface area contributed by atoms with Crippen molar-refractivity contribution >= 4 is 28.3 Å². The first-order valence-corrected chi connectivity index (χ1v) is 10.7. The number of fused-ring (bicyclic) bond motifs is 1. The normalized spacial score (nSPS) is 11.8. The fraction of sp³-hybridized carbons (Fsp3) is 0.154. The Hall–Kier alpha value is -3.97. The monoisotopic (exact) mass is 444 g/mol. The fourth-order valence-corrected chi connectivity index (χ4v) is 3.59. The van der Waals surface area contributed by atoms with E-state index in [1.54, 1.807) is 42.5 Å². The summed E-state index contributed by atoms with van der Waals surface area (Å²) in [5.74, 6) is -0.363. The Bertz CT molecular complexity index is 1310. The number of aliphatic hydroxyl groups excluding tert-OH is 1. The molecule has 0 saturated carbocycles. The Kier molecular flexibility index (Phi) is 6.51. The second-order valence-corrected chi connectivity index (χ2v) is 7.76. The van der Waals surface area contributed by atoms with Crippen molar-refractivity contribution in [2.75, 3.05) is 17.6 Å². The van der Waals surface area contributed by atoms with Gasteiger partial charge in [0.15, 0.2) is 0 Å². The van der Waals surface area contributed by atoms with Crippen molar-refractivity contribution in [2.24, 2.45) is 0 Å². The van der Waals surface area contributed by atoms with Crippen molar-refractivity contribution < 1.29 is 14.3 Å². The first kappa shape index (κ1) is 22.2. The van der Waals surface area contributed by atoms with E-state index in [0.29, 0.717) is 45.7 Å². The average Bonchev–Trinajstić information content (AvgIpc) is 2.82. The van der Waals surface area contributed by atoms with Crippen LogP contribution in [-0.4, -0.2) is 28.8 Å². The van der Waals surface area contributed by atoms with Crippen molar-refractivity contribution in [2.45, 2.75) is 19.4 Å². The van der Waals surface area contributed by atoms with Crippen LogP contribution in [0, 0.1) is 5.82 Å². The van der Waals surface area contributed by atoms with Gasteiger partial charge in [0, 0.05) is 40.0 Å². The highest BCUT2D eigenvalue weighted by Gasteiger charge is 2.16. The molecule has 0 spiro atoms. The standard InChI is InChI=1S/C26H25FN4O2/c1-2-18(32)15-29-26(33)30-17-11-12-24-16(13-17)14-21(19-7-3-5-9-22(19)27)25(31-24)20-8-4-6-10-23(20)28/h3-14,18,32H,2,15,28H2,1H3,(H2,29,30,33). The number of aliphatic hydroxyl groups is 1. The van der Waals surface area contributed by atoms with Crippen molar-refractivity contribution in [1.29, 1.82) is 0 Å². The van der Waals surface area contributed by atoms with E-state index in [1.807, 2.05) is 31.2 Å². The molecule has 2 amide bonds. The van der Waals surface area contributed by atoms with Crippen LogP contribution in [0.3, 0.4) is 0 Å². The minimum absolute atomic E-state index is 0.163. The number of carbonyl (C=O) groups excluding carboxylic acids is 1. The average molecular weight is 445 g/mol. The van der Waals surface area contributed by atoms with Gasteiger partial charge in [-0.05, 0) is 42.8 Å². The highest BCUT2D eigenvalue weighted by atomic mass is 19.1.